The number of halogens is 1. The molecule has 2 heterocycles. The molecule has 4 rings (SSSR count). The van der Waals surface area contributed by atoms with E-state index in [4.69, 9.17) is 21.1 Å². The zero-order valence-electron chi connectivity index (χ0n) is 20.9. The predicted octanol–water partition coefficient (Wildman–Crippen LogP) is 3.55. The standard InChI is InChI=1S/C26H25ClN6O5/c1-16(23(34)37-3)14-33-25(35)31-24(32(26(33)36)15-18-4-6-19(27)7-5-18)30-20-8-10-21(11-9-20)38-22-13-28-12-17(2)29-22/h4-13,16H,14-15H2,1-3H3,(H,30,31,35)/t16-/m0/s1. The van der Waals surface area contributed by atoms with Crippen molar-refractivity contribution in [1.29, 1.82) is 0 Å². The number of rotatable bonds is 9. The van der Waals surface area contributed by atoms with Crippen molar-refractivity contribution < 1.29 is 14.3 Å². The lowest BCUT2D eigenvalue weighted by molar-refractivity contribution is -0.145. The number of carbonyl (C=O) groups is 1. The number of hydrogen-bond acceptors (Lipinski definition) is 9. The molecule has 0 saturated heterocycles. The van der Waals surface area contributed by atoms with Crippen molar-refractivity contribution in [3.63, 3.8) is 0 Å². The maximum absolute atomic E-state index is 13.4. The van der Waals surface area contributed by atoms with E-state index in [1.54, 1.807) is 61.7 Å². The van der Waals surface area contributed by atoms with Gasteiger partial charge in [0.25, 0.3) is 0 Å². The van der Waals surface area contributed by atoms with Gasteiger partial charge in [0.05, 0.1) is 31.5 Å². The molecule has 2 aromatic heterocycles. The molecule has 0 saturated carbocycles. The van der Waals surface area contributed by atoms with Crippen molar-refractivity contribution in [1.82, 2.24) is 24.1 Å². The summed E-state index contributed by atoms with van der Waals surface area (Å²) in [5, 5.41) is 3.59. The van der Waals surface area contributed by atoms with E-state index in [1.807, 2.05) is 6.92 Å². The first kappa shape index (κ1) is 26.6. The highest BCUT2D eigenvalue weighted by Crippen LogP contribution is 2.23. The molecule has 0 fully saturated rings. The molecular formula is C26H25ClN6O5. The van der Waals surface area contributed by atoms with Crippen LogP contribution in [0.4, 0.5) is 11.6 Å². The Morgan fingerprint density at radius 3 is 2.39 bits per heavy atom. The van der Waals surface area contributed by atoms with Gasteiger partial charge in [-0.1, -0.05) is 30.7 Å². The highest BCUT2D eigenvalue weighted by atomic mass is 35.5. The first-order valence-corrected chi connectivity index (χ1v) is 12.0. The van der Waals surface area contributed by atoms with Gasteiger partial charge in [-0.25, -0.2) is 19.1 Å². The highest BCUT2D eigenvalue weighted by molar-refractivity contribution is 6.30. The number of nitrogens with zero attached hydrogens (tertiary/aromatic N) is 5. The predicted molar refractivity (Wildman–Crippen MR) is 141 cm³/mol. The van der Waals surface area contributed by atoms with E-state index in [-0.39, 0.29) is 19.0 Å². The minimum atomic E-state index is -0.793. The number of methoxy groups -OCH3 is 1. The maximum Gasteiger partial charge on any atom is 0.354 e. The number of ether oxygens (including phenoxy) is 2. The average Bonchev–Trinajstić information content (AvgIpc) is 2.90. The van der Waals surface area contributed by atoms with E-state index in [1.165, 1.54) is 17.9 Å². The van der Waals surface area contributed by atoms with Crippen LogP contribution in [0.2, 0.25) is 5.02 Å². The monoisotopic (exact) mass is 536 g/mol. The van der Waals surface area contributed by atoms with Crippen LogP contribution in [-0.2, 0) is 22.6 Å². The normalized spacial score (nSPS) is 11.6. The van der Waals surface area contributed by atoms with Gasteiger partial charge in [-0.3, -0.25) is 14.3 Å². The molecule has 0 aliphatic heterocycles. The van der Waals surface area contributed by atoms with Crippen molar-refractivity contribution in [2.24, 2.45) is 5.92 Å². The number of aryl methyl sites for hydroxylation is 1. The van der Waals surface area contributed by atoms with Crippen molar-refractivity contribution in [3.8, 4) is 11.6 Å². The lowest BCUT2D eigenvalue weighted by Crippen LogP contribution is -2.44. The van der Waals surface area contributed by atoms with Gasteiger partial charge in [0.15, 0.2) is 0 Å². The molecule has 11 nitrogen and oxygen atoms in total. The lowest BCUT2D eigenvalue weighted by Gasteiger charge is -2.17. The molecule has 0 unspecified atom stereocenters. The number of carbonyl (C=O) groups excluding carboxylic acids is 1. The largest absolute Gasteiger partial charge is 0.469 e. The van der Waals surface area contributed by atoms with Crippen LogP contribution in [-0.4, -0.2) is 37.2 Å². The second kappa shape index (κ2) is 11.7. The lowest BCUT2D eigenvalue weighted by atomic mass is 10.2. The zero-order valence-corrected chi connectivity index (χ0v) is 21.7. The topological polar surface area (TPSA) is 130 Å². The maximum atomic E-state index is 13.4. The van der Waals surface area contributed by atoms with E-state index >= 15 is 0 Å². The number of hydrogen-bond donors (Lipinski definition) is 1. The van der Waals surface area contributed by atoms with E-state index in [2.05, 4.69) is 20.3 Å². The third-order valence-electron chi connectivity index (χ3n) is 5.53. The minimum Gasteiger partial charge on any atom is -0.469 e. The number of nitrogens with one attached hydrogen (secondary N) is 1. The SMILES string of the molecule is COC(=O)[C@@H](C)Cn1c(=O)nc(Nc2ccc(Oc3cncc(C)n3)cc2)n(Cc2ccc(Cl)cc2)c1=O. The molecule has 1 atom stereocenters. The Morgan fingerprint density at radius 2 is 1.74 bits per heavy atom. The van der Waals surface area contributed by atoms with Crippen LogP contribution in [0.3, 0.4) is 0 Å². The fraction of sp³-hybridized carbons (Fsp3) is 0.231. The summed E-state index contributed by atoms with van der Waals surface area (Å²) in [4.78, 5) is 50.6. The van der Waals surface area contributed by atoms with Crippen molar-refractivity contribution in [2.75, 3.05) is 12.4 Å². The fourth-order valence-corrected chi connectivity index (χ4v) is 3.72. The summed E-state index contributed by atoms with van der Waals surface area (Å²) >= 11 is 6.00. The molecule has 0 aliphatic rings. The van der Waals surface area contributed by atoms with E-state index in [9.17, 15) is 14.4 Å². The second-order valence-electron chi connectivity index (χ2n) is 8.50. The molecule has 0 spiro atoms. The van der Waals surface area contributed by atoms with Gasteiger partial charge in [-0.15, -0.1) is 0 Å². The number of esters is 1. The van der Waals surface area contributed by atoms with Crippen LogP contribution in [0.15, 0.2) is 70.5 Å². The molecule has 0 bridgehead atoms. The number of aromatic nitrogens is 5. The Balaban J connectivity index is 1.65. The zero-order chi connectivity index (χ0) is 27.2. The molecule has 0 radical (unpaired) electrons. The van der Waals surface area contributed by atoms with Gasteiger partial charge in [0.2, 0.25) is 11.8 Å². The first-order chi connectivity index (χ1) is 18.2. The van der Waals surface area contributed by atoms with Gasteiger partial charge < -0.3 is 14.8 Å². The number of benzene rings is 2. The van der Waals surface area contributed by atoms with E-state index in [0.717, 1.165) is 15.8 Å². The van der Waals surface area contributed by atoms with E-state index < -0.39 is 23.3 Å². The smallest absolute Gasteiger partial charge is 0.354 e. The van der Waals surface area contributed by atoms with E-state index in [0.29, 0.717) is 22.3 Å². The Hall–Kier alpha value is -4.51. The van der Waals surface area contributed by atoms with Gasteiger partial charge >= 0.3 is 17.3 Å². The average molecular weight is 537 g/mol. The first-order valence-electron chi connectivity index (χ1n) is 11.6. The highest BCUT2D eigenvalue weighted by Gasteiger charge is 2.20. The molecule has 4 aromatic rings. The van der Waals surface area contributed by atoms with Gasteiger partial charge in [0, 0.05) is 23.5 Å². The molecule has 0 amide bonds. The molecule has 1 N–H and O–H groups in total. The van der Waals surface area contributed by atoms with Gasteiger partial charge in [0.1, 0.15) is 5.75 Å². The molecular weight excluding hydrogens is 512 g/mol. The molecule has 2 aromatic carbocycles. The molecule has 12 heteroatoms. The summed E-state index contributed by atoms with van der Waals surface area (Å²) in [6, 6.07) is 13.8. The Labute approximate surface area is 222 Å². The summed E-state index contributed by atoms with van der Waals surface area (Å²) in [7, 11) is 1.25. The third kappa shape index (κ3) is 6.43. The summed E-state index contributed by atoms with van der Waals surface area (Å²) in [5.74, 6) is -0.347. The second-order valence-corrected chi connectivity index (χ2v) is 8.93. The van der Waals surface area contributed by atoms with Gasteiger partial charge in [-0.2, -0.15) is 4.98 Å². The van der Waals surface area contributed by atoms with Crippen molar-refractivity contribution in [3.05, 3.63) is 98.2 Å². The Bertz CT molecular complexity index is 1550. The summed E-state index contributed by atoms with van der Waals surface area (Å²) < 4.78 is 12.7. The number of anilines is 2. The van der Waals surface area contributed by atoms with Crippen molar-refractivity contribution >= 4 is 29.2 Å². The summed E-state index contributed by atoms with van der Waals surface area (Å²) in [6.45, 7) is 3.31. The molecule has 38 heavy (non-hydrogen) atoms. The Kier molecular flexibility index (Phi) is 8.17. The summed E-state index contributed by atoms with van der Waals surface area (Å²) in [5.41, 5.74) is 0.621. The minimum absolute atomic E-state index is 0.0372. The van der Waals surface area contributed by atoms with Crippen LogP contribution < -0.4 is 21.4 Å². The van der Waals surface area contributed by atoms with Crippen LogP contribution >= 0.6 is 11.6 Å². The van der Waals surface area contributed by atoms with Gasteiger partial charge in [-0.05, 0) is 48.9 Å². The Morgan fingerprint density at radius 1 is 1.03 bits per heavy atom. The quantitative estimate of drug-likeness (QED) is 0.319. The van der Waals surface area contributed by atoms with Crippen LogP contribution in [0, 0.1) is 12.8 Å². The molecule has 196 valence electrons. The van der Waals surface area contributed by atoms with Crippen LogP contribution in [0.1, 0.15) is 18.2 Å². The van der Waals surface area contributed by atoms with Crippen molar-refractivity contribution in [2.45, 2.75) is 26.9 Å². The fourth-order valence-electron chi connectivity index (χ4n) is 3.59. The summed E-state index contributed by atoms with van der Waals surface area (Å²) in [6.07, 6.45) is 3.13. The third-order valence-corrected chi connectivity index (χ3v) is 5.78. The van der Waals surface area contributed by atoms with Crippen LogP contribution in [0.5, 0.6) is 11.6 Å². The van der Waals surface area contributed by atoms with Crippen LogP contribution in [0.25, 0.3) is 0 Å². The molecule has 0 aliphatic carbocycles.